The largest absolute Gasteiger partial charge is 0.305 e. The van der Waals surface area contributed by atoms with Crippen molar-refractivity contribution >= 4 is 5.65 Å². The number of fused-ring (bicyclic) bond motifs is 1. The second-order valence-corrected chi connectivity index (χ2v) is 5.83. The predicted octanol–water partition coefficient (Wildman–Crippen LogP) is 2.96. The number of nitrogens with zero attached hydrogens (tertiary/aromatic N) is 3. The standard InChI is InChI=1S/C15H22N4/c1-11-6-8-13(9-7-11)16-12(2)15-18-17-14-5-3-4-10-19(14)15/h3-5,10-13,16H,6-9H2,1-2H3. The Bertz CT molecular complexity index is 540. The Balaban J connectivity index is 1.71. The molecule has 0 bridgehead atoms. The van der Waals surface area contributed by atoms with Crippen LogP contribution in [0.1, 0.15) is 51.4 Å². The molecule has 1 saturated carbocycles. The van der Waals surface area contributed by atoms with Gasteiger partial charge < -0.3 is 5.32 Å². The molecule has 102 valence electrons. The van der Waals surface area contributed by atoms with E-state index in [9.17, 15) is 0 Å². The van der Waals surface area contributed by atoms with Crippen molar-refractivity contribution in [3.8, 4) is 0 Å². The van der Waals surface area contributed by atoms with Crippen molar-refractivity contribution in [3.63, 3.8) is 0 Å². The van der Waals surface area contributed by atoms with Gasteiger partial charge in [-0.3, -0.25) is 4.40 Å². The van der Waals surface area contributed by atoms with Crippen molar-refractivity contribution in [2.24, 2.45) is 5.92 Å². The Morgan fingerprint density at radius 1 is 1.21 bits per heavy atom. The Kier molecular flexibility index (Phi) is 3.51. The quantitative estimate of drug-likeness (QED) is 0.920. The highest BCUT2D eigenvalue weighted by molar-refractivity contribution is 5.37. The van der Waals surface area contributed by atoms with Crippen LogP contribution in [0.3, 0.4) is 0 Å². The molecule has 2 aromatic rings. The van der Waals surface area contributed by atoms with Gasteiger partial charge in [0.15, 0.2) is 11.5 Å². The summed E-state index contributed by atoms with van der Waals surface area (Å²) in [4.78, 5) is 0. The minimum Gasteiger partial charge on any atom is -0.305 e. The van der Waals surface area contributed by atoms with E-state index in [1.165, 1.54) is 25.7 Å². The third-order valence-electron chi connectivity index (χ3n) is 4.23. The van der Waals surface area contributed by atoms with Crippen LogP contribution in [0.4, 0.5) is 0 Å². The molecule has 2 aromatic heterocycles. The van der Waals surface area contributed by atoms with Crippen LogP contribution in [0.5, 0.6) is 0 Å². The fourth-order valence-corrected chi connectivity index (χ4v) is 3.01. The topological polar surface area (TPSA) is 42.2 Å². The highest BCUT2D eigenvalue weighted by Crippen LogP contribution is 2.25. The van der Waals surface area contributed by atoms with E-state index in [-0.39, 0.29) is 6.04 Å². The summed E-state index contributed by atoms with van der Waals surface area (Å²) in [5.74, 6) is 1.90. The number of hydrogen-bond donors (Lipinski definition) is 1. The molecule has 1 unspecified atom stereocenters. The first-order valence-electron chi connectivity index (χ1n) is 7.30. The van der Waals surface area contributed by atoms with Crippen LogP contribution >= 0.6 is 0 Å². The summed E-state index contributed by atoms with van der Waals surface area (Å²) in [5.41, 5.74) is 0.920. The van der Waals surface area contributed by atoms with Gasteiger partial charge >= 0.3 is 0 Å². The maximum absolute atomic E-state index is 4.33. The van der Waals surface area contributed by atoms with Gasteiger partial charge in [0.1, 0.15) is 0 Å². The van der Waals surface area contributed by atoms with E-state index in [2.05, 4.69) is 33.8 Å². The van der Waals surface area contributed by atoms with Crippen molar-refractivity contribution < 1.29 is 0 Å². The highest BCUT2D eigenvalue weighted by Gasteiger charge is 2.21. The van der Waals surface area contributed by atoms with Crippen molar-refractivity contribution in [2.45, 2.75) is 51.6 Å². The van der Waals surface area contributed by atoms with Gasteiger partial charge in [0.2, 0.25) is 0 Å². The summed E-state index contributed by atoms with van der Waals surface area (Å²) < 4.78 is 2.07. The molecule has 0 aliphatic heterocycles. The van der Waals surface area contributed by atoms with Gasteiger partial charge in [-0.1, -0.05) is 13.0 Å². The zero-order chi connectivity index (χ0) is 13.2. The third kappa shape index (κ3) is 2.63. The average molecular weight is 258 g/mol. The molecule has 0 radical (unpaired) electrons. The predicted molar refractivity (Wildman–Crippen MR) is 76.0 cm³/mol. The van der Waals surface area contributed by atoms with Crippen molar-refractivity contribution in [1.29, 1.82) is 0 Å². The van der Waals surface area contributed by atoms with E-state index in [4.69, 9.17) is 0 Å². The number of pyridine rings is 1. The Morgan fingerprint density at radius 2 is 2.00 bits per heavy atom. The Labute approximate surface area is 114 Å². The van der Waals surface area contributed by atoms with E-state index < -0.39 is 0 Å². The van der Waals surface area contributed by atoms with E-state index >= 15 is 0 Å². The summed E-state index contributed by atoms with van der Waals surface area (Å²) in [6.45, 7) is 4.53. The third-order valence-corrected chi connectivity index (χ3v) is 4.23. The Morgan fingerprint density at radius 3 is 2.79 bits per heavy atom. The number of nitrogens with one attached hydrogen (secondary N) is 1. The summed E-state index contributed by atoms with van der Waals surface area (Å²) in [7, 11) is 0. The van der Waals surface area contributed by atoms with Crippen LogP contribution in [0.15, 0.2) is 24.4 Å². The fourth-order valence-electron chi connectivity index (χ4n) is 3.01. The molecule has 0 aromatic carbocycles. The zero-order valence-electron chi connectivity index (χ0n) is 11.7. The lowest BCUT2D eigenvalue weighted by Crippen LogP contribution is -2.35. The van der Waals surface area contributed by atoms with Gasteiger partial charge in [-0.2, -0.15) is 0 Å². The highest BCUT2D eigenvalue weighted by atomic mass is 15.3. The summed E-state index contributed by atoms with van der Waals surface area (Å²) in [6.07, 6.45) is 7.27. The van der Waals surface area contributed by atoms with Gasteiger partial charge in [0.05, 0.1) is 6.04 Å². The first kappa shape index (κ1) is 12.6. The van der Waals surface area contributed by atoms with Crippen LogP contribution in [0, 0.1) is 5.92 Å². The minimum atomic E-state index is 0.246. The molecule has 1 atom stereocenters. The summed E-state index contributed by atoms with van der Waals surface area (Å²) >= 11 is 0. The van der Waals surface area contributed by atoms with E-state index in [1.54, 1.807) is 0 Å². The molecule has 1 fully saturated rings. The van der Waals surface area contributed by atoms with Gasteiger partial charge in [-0.25, -0.2) is 0 Å². The smallest absolute Gasteiger partial charge is 0.160 e. The maximum atomic E-state index is 4.33. The SMILES string of the molecule is CC1CCC(NC(C)c2nnc3ccccn23)CC1. The first-order valence-corrected chi connectivity index (χ1v) is 7.30. The van der Waals surface area contributed by atoms with Gasteiger partial charge in [0.25, 0.3) is 0 Å². The fraction of sp³-hybridized carbons (Fsp3) is 0.600. The van der Waals surface area contributed by atoms with Gasteiger partial charge in [-0.15, -0.1) is 10.2 Å². The van der Waals surface area contributed by atoms with Gasteiger partial charge in [0, 0.05) is 12.2 Å². The molecule has 4 heteroatoms. The number of aromatic nitrogens is 3. The zero-order valence-corrected chi connectivity index (χ0v) is 11.7. The second-order valence-electron chi connectivity index (χ2n) is 5.83. The summed E-state index contributed by atoms with van der Waals surface area (Å²) in [5, 5.41) is 12.3. The molecule has 2 heterocycles. The Hall–Kier alpha value is -1.42. The van der Waals surface area contributed by atoms with Crippen LogP contribution in [0.2, 0.25) is 0 Å². The molecule has 1 aliphatic carbocycles. The lowest BCUT2D eigenvalue weighted by atomic mass is 9.87. The van der Waals surface area contributed by atoms with Crippen LogP contribution < -0.4 is 5.32 Å². The van der Waals surface area contributed by atoms with Crippen LogP contribution in [-0.2, 0) is 0 Å². The van der Waals surface area contributed by atoms with Crippen molar-refractivity contribution in [2.75, 3.05) is 0 Å². The minimum absolute atomic E-state index is 0.246. The normalized spacial score (nSPS) is 25.6. The van der Waals surface area contributed by atoms with Crippen molar-refractivity contribution in [1.82, 2.24) is 19.9 Å². The average Bonchev–Trinajstić information content (AvgIpc) is 2.85. The molecule has 0 spiro atoms. The molecule has 3 rings (SSSR count). The summed E-state index contributed by atoms with van der Waals surface area (Å²) in [6, 6.07) is 6.88. The lowest BCUT2D eigenvalue weighted by molar-refractivity contribution is 0.288. The number of rotatable bonds is 3. The molecular formula is C15H22N4. The molecule has 4 nitrogen and oxygen atoms in total. The second kappa shape index (κ2) is 5.29. The lowest BCUT2D eigenvalue weighted by Gasteiger charge is -2.29. The first-order chi connectivity index (χ1) is 9.24. The molecule has 0 amide bonds. The van der Waals surface area contributed by atoms with Gasteiger partial charge in [-0.05, 0) is 50.7 Å². The van der Waals surface area contributed by atoms with Crippen LogP contribution in [-0.4, -0.2) is 20.6 Å². The molecule has 0 saturated heterocycles. The number of hydrogen-bond acceptors (Lipinski definition) is 3. The van der Waals surface area contributed by atoms with Crippen molar-refractivity contribution in [3.05, 3.63) is 30.2 Å². The van der Waals surface area contributed by atoms with Crippen LogP contribution in [0.25, 0.3) is 5.65 Å². The monoisotopic (exact) mass is 258 g/mol. The molecule has 1 N–H and O–H groups in total. The maximum Gasteiger partial charge on any atom is 0.160 e. The van der Waals surface area contributed by atoms with E-state index in [0.717, 1.165) is 17.4 Å². The molecule has 1 aliphatic rings. The van der Waals surface area contributed by atoms with E-state index in [0.29, 0.717) is 6.04 Å². The molecule has 19 heavy (non-hydrogen) atoms. The molecular weight excluding hydrogens is 236 g/mol. The van der Waals surface area contributed by atoms with E-state index in [1.807, 2.05) is 24.4 Å².